The molecule has 0 aromatic heterocycles. The van der Waals surface area contributed by atoms with Gasteiger partial charge in [0.05, 0.1) is 0 Å². The minimum atomic E-state index is 0.423. The van der Waals surface area contributed by atoms with Gasteiger partial charge in [-0.05, 0) is 54.5 Å². The second-order valence-electron chi connectivity index (χ2n) is 6.89. The van der Waals surface area contributed by atoms with Crippen LogP contribution in [0.3, 0.4) is 0 Å². The molecule has 0 aliphatic heterocycles. The van der Waals surface area contributed by atoms with Crippen LogP contribution in [0.4, 0.5) is 0 Å². The average Bonchev–Trinajstić information content (AvgIpc) is 2.38. The van der Waals surface area contributed by atoms with E-state index in [4.69, 9.17) is 5.73 Å². The van der Waals surface area contributed by atoms with Gasteiger partial charge in [0.1, 0.15) is 0 Å². The lowest BCUT2D eigenvalue weighted by Crippen LogP contribution is -2.33. The summed E-state index contributed by atoms with van der Waals surface area (Å²) in [7, 11) is 0. The molecule has 3 atom stereocenters. The first kappa shape index (κ1) is 13.6. The number of hydrogen-bond donors (Lipinski definition) is 1. The number of hydrogen-bond acceptors (Lipinski definition) is 1. The molecular formula is C17H27N. The molecule has 0 amide bonds. The van der Waals surface area contributed by atoms with Gasteiger partial charge >= 0.3 is 0 Å². The van der Waals surface area contributed by atoms with Gasteiger partial charge in [-0.2, -0.15) is 0 Å². The molecule has 1 aliphatic rings. The summed E-state index contributed by atoms with van der Waals surface area (Å²) in [4.78, 5) is 0. The van der Waals surface area contributed by atoms with Crippen LogP contribution in [-0.2, 0) is 0 Å². The molecule has 18 heavy (non-hydrogen) atoms. The van der Waals surface area contributed by atoms with E-state index in [0.29, 0.717) is 17.3 Å². The summed E-state index contributed by atoms with van der Waals surface area (Å²) in [6.07, 6.45) is 3.93. The van der Waals surface area contributed by atoms with Crippen molar-refractivity contribution in [1.82, 2.24) is 0 Å². The average molecular weight is 245 g/mol. The Morgan fingerprint density at radius 3 is 2.33 bits per heavy atom. The van der Waals surface area contributed by atoms with Crippen LogP contribution >= 0.6 is 0 Å². The lowest BCUT2D eigenvalue weighted by atomic mass is 9.64. The van der Waals surface area contributed by atoms with Crippen molar-refractivity contribution < 1.29 is 0 Å². The van der Waals surface area contributed by atoms with Crippen molar-refractivity contribution >= 4 is 0 Å². The van der Waals surface area contributed by atoms with Crippen LogP contribution in [0.1, 0.15) is 51.5 Å². The quantitative estimate of drug-likeness (QED) is 0.830. The Morgan fingerprint density at radius 1 is 1.11 bits per heavy atom. The predicted octanol–water partition coefficient (Wildman–Crippen LogP) is 4.19. The van der Waals surface area contributed by atoms with Crippen molar-refractivity contribution in [3.05, 3.63) is 35.9 Å². The zero-order chi connectivity index (χ0) is 13.2. The van der Waals surface area contributed by atoms with Gasteiger partial charge in [0.15, 0.2) is 0 Å². The summed E-state index contributed by atoms with van der Waals surface area (Å²) in [6, 6.07) is 11.0. The Hall–Kier alpha value is -0.820. The van der Waals surface area contributed by atoms with Crippen molar-refractivity contribution in [3.8, 4) is 0 Å². The lowest BCUT2D eigenvalue weighted by molar-refractivity contribution is 0.133. The van der Waals surface area contributed by atoms with Crippen molar-refractivity contribution in [2.75, 3.05) is 6.54 Å². The van der Waals surface area contributed by atoms with Crippen LogP contribution in [0, 0.1) is 17.3 Å². The molecule has 1 nitrogen and oxygen atoms in total. The van der Waals surface area contributed by atoms with E-state index in [2.05, 4.69) is 51.1 Å². The molecule has 1 saturated carbocycles. The van der Waals surface area contributed by atoms with Gasteiger partial charge in [-0.25, -0.2) is 0 Å². The van der Waals surface area contributed by atoms with Crippen LogP contribution in [-0.4, -0.2) is 6.54 Å². The summed E-state index contributed by atoms with van der Waals surface area (Å²) >= 11 is 0. The molecule has 0 radical (unpaired) electrons. The van der Waals surface area contributed by atoms with Gasteiger partial charge in [-0.1, -0.05) is 51.1 Å². The van der Waals surface area contributed by atoms with Crippen LogP contribution in [0.5, 0.6) is 0 Å². The molecule has 2 N–H and O–H groups in total. The Bertz CT molecular complexity index is 363. The maximum absolute atomic E-state index is 5.99. The second-order valence-corrected chi connectivity index (χ2v) is 6.89. The summed E-state index contributed by atoms with van der Waals surface area (Å²) < 4.78 is 0. The highest BCUT2D eigenvalue weighted by atomic mass is 14.6. The van der Waals surface area contributed by atoms with E-state index in [1.165, 1.54) is 24.8 Å². The fourth-order valence-electron chi connectivity index (χ4n) is 3.41. The predicted molar refractivity (Wildman–Crippen MR) is 78.5 cm³/mol. The Labute approximate surface area is 112 Å². The first-order chi connectivity index (χ1) is 8.52. The third kappa shape index (κ3) is 2.95. The first-order valence-electron chi connectivity index (χ1n) is 7.27. The maximum atomic E-state index is 5.99. The summed E-state index contributed by atoms with van der Waals surface area (Å²) in [5.41, 5.74) is 7.90. The minimum Gasteiger partial charge on any atom is -0.330 e. The molecule has 1 aromatic rings. The zero-order valence-corrected chi connectivity index (χ0v) is 12.0. The van der Waals surface area contributed by atoms with Gasteiger partial charge in [-0.3, -0.25) is 0 Å². The molecule has 3 unspecified atom stereocenters. The van der Waals surface area contributed by atoms with Gasteiger partial charge in [0, 0.05) is 0 Å². The van der Waals surface area contributed by atoms with Crippen molar-refractivity contribution in [2.24, 2.45) is 23.0 Å². The normalized spacial score (nSPS) is 29.2. The van der Waals surface area contributed by atoms with E-state index in [1.54, 1.807) is 0 Å². The van der Waals surface area contributed by atoms with Crippen LogP contribution < -0.4 is 5.73 Å². The van der Waals surface area contributed by atoms with E-state index < -0.39 is 0 Å². The SMILES string of the molecule is CC(C)(C)C1CCC(CN)C(c2ccccc2)C1. The molecule has 0 saturated heterocycles. The number of benzene rings is 1. The van der Waals surface area contributed by atoms with Crippen molar-refractivity contribution in [2.45, 2.75) is 46.0 Å². The topological polar surface area (TPSA) is 26.0 Å². The highest BCUT2D eigenvalue weighted by molar-refractivity contribution is 5.21. The summed E-state index contributed by atoms with van der Waals surface area (Å²) in [6.45, 7) is 7.96. The highest BCUT2D eigenvalue weighted by Crippen LogP contribution is 2.46. The largest absolute Gasteiger partial charge is 0.330 e. The molecule has 1 heteroatoms. The van der Waals surface area contributed by atoms with E-state index in [1.807, 2.05) is 0 Å². The summed E-state index contributed by atoms with van der Waals surface area (Å²) in [5, 5.41) is 0. The first-order valence-corrected chi connectivity index (χ1v) is 7.27. The molecule has 0 bridgehead atoms. The minimum absolute atomic E-state index is 0.423. The second kappa shape index (κ2) is 5.44. The Balaban J connectivity index is 2.19. The maximum Gasteiger partial charge on any atom is -0.00430 e. The van der Waals surface area contributed by atoms with Crippen LogP contribution in [0.15, 0.2) is 30.3 Å². The Kier molecular flexibility index (Phi) is 4.11. The number of rotatable bonds is 2. The standard InChI is InChI=1S/C17H27N/c1-17(2,3)15-10-9-14(12-18)16(11-15)13-7-5-4-6-8-13/h4-8,14-16H,9-12,18H2,1-3H3. The van der Waals surface area contributed by atoms with E-state index in [0.717, 1.165) is 12.5 Å². The fourth-order valence-corrected chi connectivity index (χ4v) is 3.41. The van der Waals surface area contributed by atoms with Crippen LogP contribution in [0.25, 0.3) is 0 Å². The third-order valence-corrected chi connectivity index (χ3v) is 4.75. The Morgan fingerprint density at radius 2 is 1.78 bits per heavy atom. The van der Waals surface area contributed by atoms with Gasteiger partial charge in [0.25, 0.3) is 0 Å². The summed E-state index contributed by atoms with van der Waals surface area (Å²) in [5.74, 6) is 2.16. The van der Waals surface area contributed by atoms with E-state index in [9.17, 15) is 0 Å². The van der Waals surface area contributed by atoms with Crippen molar-refractivity contribution in [1.29, 1.82) is 0 Å². The van der Waals surface area contributed by atoms with Crippen molar-refractivity contribution in [3.63, 3.8) is 0 Å². The van der Waals surface area contributed by atoms with Gasteiger partial charge < -0.3 is 5.73 Å². The van der Waals surface area contributed by atoms with Crippen LogP contribution in [0.2, 0.25) is 0 Å². The molecule has 1 aliphatic carbocycles. The zero-order valence-electron chi connectivity index (χ0n) is 12.0. The molecular weight excluding hydrogens is 218 g/mol. The molecule has 1 fully saturated rings. The molecule has 2 rings (SSSR count). The van der Waals surface area contributed by atoms with Gasteiger partial charge in [0.2, 0.25) is 0 Å². The third-order valence-electron chi connectivity index (χ3n) is 4.75. The lowest BCUT2D eigenvalue weighted by Gasteiger charge is -2.42. The van der Waals surface area contributed by atoms with E-state index >= 15 is 0 Å². The van der Waals surface area contributed by atoms with E-state index in [-0.39, 0.29) is 0 Å². The molecule has 0 spiro atoms. The van der Waals surface area contributed by atoms with Gasteiger partial charge in [-0.15, -0.1) is 0 Å². The highest BCUT2D eigenvalue weighted by Gasteiger charge is 2.35. The molecule has 1 aromatic carbocycles. The molecule has 100 valence electrons. The molecule has 0 heterocycles. The number of nitrogens with two attached hydrogens (primary N) is 1. The smallest absolute Gasteiger partial charge is 0.00430 e. The monoisotopic (exact) mass is 245 g/mol. The fraction of sp³-hybridized carbons (Fsp3) is 0.647.